The van der Waals surface area contributed by atoms with E-state index in [1.165, 1.54) is 18.0 Å². The van der Waals surface area contributed by atoms with E-state index in [-0.39, 0.29) is 17.6 Å². The minimum atomic E-state index is -0.378. The molecular weight excluding hydrogens is 378 g/mol. The molecule has 0 unspecified atom stereocenters. The van der Waals surface area contributed by atoms with Gasteiger partial charge in [0.15, 0.2) is 11.6 Å². The monoisotopic (exact) mass is 397 g/mol. The first-order chi connectivity index (χ1) is 13.7. The maximum Gasteiger partial charge on any atom is 0.292 e. The van der Waals surface area contributed by atoms with Crippen LogP contribution < -0.4 is 10.6 Å². The summed E-state index contributed by atoms with van der Waals surface area (Å²) < 4.78 is 5.02. The predicted octanol–water partition coefficient (Wildman–Crippen LogP) is 2.91. The van der Waals surface area contributed by atoms with Gasteiger partial charge in [0.05, 0.1) is 18.5 Å². The van der Waals surface area contributed by atoms with Gasteiger partial charge in [-0.3, -0.25) is 14.6 Å². The summed E-state index contributed by atoms with van der Waals surface area (Å²) in [6, 6.07) is 12.3. The molecule has 144 valence electrons. The lowest BCUT2D eigenvalue weighted by atomic mass is 10.3. The lowest BCUT2D eigenvalue weighted by Gasteiger charge is -2.05. The summed E-state index contributed by atoms with van der Waals surface area (Å²) in [7, 11) is 0. The molecular formula is C19H19N5O3S. The van der Waals surface area contributed by atoms with E-state index in [9.17, 15) is 9.59 Å². The molecule has 3 heterocycles. The van der Waals surface area contributed by atoms with E-state index in [1.54, 1.807) is 30.5 Å². The second kappa shape index (κ2) is 10.2. The maximum atomic E-state index is 11.9. The third kappa shape index (κ3) is 6.20. The fourth-order valence-electron chi connectivity index (χ4n) is 2.24. The summed E-state index contributed by atoms with van der Waals surface area (Å²) in [6.07, 6.45) is 4.29. The molecule has 0 aliphatic rings. The van der Waals surface area contributed by atoms with Crippen molar-refractivity contribution in [2.45, 2.75) is 24.4 Å². The van der Waals surface area contributed by atoms with Crippen LogP contribution in [-0.4, -0.2) is 32.7 Å². The van der Waals surface area contributed by atoms with Gasteiger partial charge in [-0.15, -0.1) is 22.0 Å². The summed E-state index contributed by atoms with van der Waals surface area (Å²) in [5.41, 5.74) is 0.833. The van der Waals surface area contributed by atoms with Gasteiger partial charge >= 0.3 is 0 Å². The Balaban J connectivity index is 1.33. The Kier molecular flexibility index (Phi) is 7.14. The molecule has 0 aliphatic carbocycles. The number of amides is 2. The van der Waals surface area contributed by atoms with Crippen LogP contribution in [0.5, 0.6) is 0 Å². The van der Waals surface area contributed by atoms with Crippen molar-refractivity contribution in [2.75, 3.05) is 11.1 Å². The van der Waals surface area contributed by atoms with Gasteiger partial charge in [-0.25, -0.2) is 0 Å². The minimum absolute atomic E-state index is 0.00618. The average Bonchev–Trinajstić information content (AvgIpc) is 3.27. The Bertz CT molecular complexity index is 886. The Hall–Kier alpha value is -3.20. The first-order valence-corrected chi connectivity index (χ1v) is 9.67. The van der Waals surface area contributed by atoms with Crippen molar-refractivity contribution in [3.8, 4) is 0 Å². The van der Waals surface area contributed by atoms with Crippen LogP contribution in [0.1, 0.15) is 29.1 Å². The van der Waals surface area contributed by atoms with Crippen molar-refractivity contribution < 1.29 is 14.0 Å². The van der Waals surface area contributed by atoms with Crippen molar-refractivity contribution >= 4 is 29.4 Å². The van der Waals surface area contributed by atoms with Crippen LogP contribution in [0.25, 0.3) is 0 Å². The Morgan fingerprint density at radius 1 is 1.07 bits per heavy atom. The van der Waals surface area contributed by atoms with Crippen LogP contribution in [0.3, 0.4) is 0 Å². The number of hydrogen-bond acceptors (Lipinski definition) is 7. The average molecular weight is 397 g/mol. The molecule has 2 amide bonds. The molecule has 2 N–H and O–H groups in total. The third-order valence-corrected chi connectivity index (χ3v) is 4.62. The lowest BCUT2D eigenvalue weighted by Crippen LogP contribution is -2.22. The first kappa shape index (κ1) is 19.6. The number of carbonyl (C=O) groups is 2. The van der Waals surface area contributed by atoms with Crippen molar-refractivity contribution in [1.29, 1.82) is 0 Å². The molecule has 0 aliphatic heterocycles. The summed E-state index contributed by atoms with van der Waals surface area (Å²) in [6.45, 7) is 0.434. The van der Waals surface area contributed by atoms with Crippen LogP contribution in [0, 0.1) is 0 Å². The van der Waals surface area contributed by atoms with Crippen LogP contribution >= 0.6 is 11.8 Å². The molecule has 0 bridgehead atoms. The van der Waals surface area contributed by atoms with Gasteiger partial charge in [-0.05, 0) is 42.8 Å². The molecule has 0 saturated heterocycles. The highest BCUT2D eigenvalue weighted by molar-refractivity contribution is 7.99. The van der Waals surface area contributed by atoms with Gasteiger partial charge in [-0.2, -0.15) is 0 Å². The first-order valence-electron chi connectivity index (χ1n) is 8.69. The van der Waals surface area contributed by atoms with E-state index in [0.717, 1.165) is 22.9 Å². The fourth-order valence-corrected chi connectivity index (χ4v) is 3.00. The van der Waals surface area contributed by atoms with Gasteiger partial charge in [0.1, 0.15) is 5.03 Å². The Morgan fingerprint density at radius 3 is 2.71 bits per heavy atom. The van der Waals surface area contributed by atoms with Crippen molar-refractivity contribution in [3.05, 3.63) is 66.4 Å². The zero-order valence-electron chi connectivity index (χ0n) is 15.0. The number of rotatable bonds is 9. The molecule has 0 atom stereocenters. The molecule has 8 nitrogen and oxygen atoms in total. The molecule has 3 aromatic rings. The Morgan fingerprint density at radius 2 is 2.00 bits per heavy atom. The molecule has 0 aromatic carbocycles. The number of anilines is 1. The van der Waals surface area contributed by atoms with Crippen LogP contribution in [0.2, 0.25) is 0 Å². The number of hydrogen-bond donors (Lipinski definition) is 2. The molecule has 0 spiro atoms. The standard InChI is InChI=1S/C19H19N5O3S/c25-17(21-13-14-5-1-2-10-20-14)7-4-12-28-18-9-8-16(23-24-18)22-19(26)15-6-3-11-27-15/h1-3,5-6,8-11H,4,7,12-13H2,(H,21,25)(H,22,23,26). The normalized spacial score (nSPS) is 10.4. The third-order valence-electron chi connectivity index (χ3n) is 3.62. The maximum absolute atomic E-state index is 11.9. The van der Waals surface area contributed by atoms with E-state index < -0.39 is 0 Å². The second-order valence-corrected chi connectivity index (χ2v) is 6.85. The number of furan rings is 1. The van der Waals surface area contributed by atoms with Gasteiger partial charge in [0.25, 0.3) is 5.91 Å². The van der Waals surface area contributed by atoms with E-state index >= 15 is 0 Å². The number of pyridine rings is 1. The van der Waals surface area contributed by atoms with Gasteiger partial charge in [-0.1, -0.05) is 6.07 Å². The molecule has 28 heavy (non-hydrogen) atoms. The van der Waals surface area contributed by atoms with Crippen molar-refractivity contribution in [1.82, 2.24) is 20.5 Å². The van der Waals surface area contributed by atoms with E-state index in [0.29, 0.717) is 18.8 Å². The zero-order chi connectivity index (χ0) is 19.6. The SMILES string of the molecule is O=C(CCCSc1ccc(NC(=O)c2ccco2)nn1)NCc1ccccn1. The summed E-state index contributed by atoms with van der Waals surface area (Å²) in [5.74, 6) is 0.912. The highest BCUT2D eigenvalue weighted by atomic mass is 32.2. The number of nitrogens with zero attached hydrogens (tertiary/aromatic N) is 3. The van der Waals surface area contributed by atoms with Crippen molar-refractivity contribution in [3.63, 3.8) is 0 Å². The molecule has 9 heteroatoms. The molecule has 3 rings (SSSR count). The molecule has 0 radical (unpaired) electrons. The van der Waals surface area contributed by atoms with Crippen LogP contribution in [-0.2, 0) is 11.3 Å². The second-order valence-electron chi connectivity index (χ2n) is 5.74. The highest BCUT2D eigenvalue weighted by Crippen LogP contribution is 2.17. The van der Waals surface area contributed by atoms with E-state index in [2.05, 4.69) is 25.8 Å². The number of nitrogens with one attached hydrogen (secondary N) is 2. The highest BCUT2D eigenvalue weighted by Gasteiger charge is 2.10. The molecule has 3 aromatic heterocycles. The van der Waals surface area contributed by atoms with Crippen LogP contribution in [0.15, 0.2) is 64.4 Å². The van der Waals surface area contributed by atoms with E-state index in [1.807, 2.05) is 18.2 Å². The number of carbonyl (C=O) groups excluding carboxylic acids is 2. The number of thioether (sulfide) groups is 1. The molecule has 0 fully saturated rings. The summed E-state index contributed by atoms with van der Waals surface area (Å²) >= 11 is 1.51. The smallest absolute Gasteiger partial charge is 0.292 e. The van der Waals surface area contributed by atoms with Gasteiger partial charge in [0, 0.05) is 18.4 Å². The quantitative estimate of drug-likeness (QED) is 0.422. The number of aromatic nitrogens is 3. The summed E-state index contributed by atoms with van der Waals surface area (Å²) in [5, 5.41) is 14.2. The Labute approximate surface area is 166 Å². The lowest BCUT2D eigenvalue weighted by molar-refractivity contribution is -0.121. The zero-order valence-corrected chi connectivity index (χ0v) is 15.8. The van der Waals surface area contributed by atoms with E-state index in [4.69, 9.17) is 4.42 Å². The van der Waals surface area contributed by atoms with Crippen molar-refractivity contribution in [2.24, 2.45) is 0 Å². The van der Waals surface area contributed by atoms with Gasteiger partial charge in [0.2, 0.25) is 5.91 Å². The minimum Gasteiger partial charge on any atom is -0.459 e. The fraction of sp³-hybridized carbons (Fsp3) is 0.211. The topological polar surface area (TPSA) is 110 Å². The van der Waals surface area contributed by atoms with Gasteiger partial charge < -0.3 is 15.1 Å². The summed E-state index contributed by atoms with van der Waals surface area (Å²) in [4.78, 5) is 27.9. The largest absolute Gasteiger partial charge is 0.459 e. The predicted molar refractivity (Wildman–Crippen MR) is 105 cm³/mol. The molecule has 0 saturated carbocycles. The van der Waals surface area contributed by atoms with Crippen LogP contribution in [0.4, 0.5) is 5.82 Å².